The summed E-state index contributed by atoms with van der Waals surface area (Å²) in [5.74, 6) is 0. The standard InChI is InChI=1S/C12H13F2N3O3S/c1-5-2-6(10(13)14)16-12(15-5)21-9-3-7(17-18)11-19-4-8(9)20-11/h2,8-11,18H,3-4H2,1H3/b17-7+/t8-,9-,11+/m1/s1. The Kier molecular flexibility index (Phi) is 4.05. The molecule has 2 bridgehead atoms. The van der Waals surface area contributed by atoms with E-state index in [2.05, 4.69) is 15.1 Å². The molecule has 1 N–H and O–H groups in total. The van der Waals surface area contributed by atoms with E-state index < -0.39 is 12.7 Å². The maximum atomic E-state index is 12.8. The Morgan fingerprint density at radius 3 is 3.00 bits per heavy atom. The van der Waals surface area contributed by atoms with E-state index in [1.165, 1.54) is 17.8 Å². The van der Waals surface area contributed by atoms with Gasteiger partial charge in [-0.2, -0.15) is 0 Å². The maximum absolute atomic E-state index is 12.8. The van der Waals surface area contributed by atoms with Crippen molar-refractivity contribution in [2.75, 3.05) is 6.61 Å². The zero-order chi connectivity index (χ0) is 15.0. The lowest BCUT2D eigenvalue weighted by atomic mass is 10.1. The summed E-state index contributed by atoms with van der Waals surface area (Å²) < 4.78 is 36.5. The van der Waals surface area contributed by atoms with Gasteiger partial charge in [0.25, 0.3) is 6.43 Å². The van der Waals surface area contributed by atoms with Crippen LogP contribution >= 0.6 is 11.8 Å². The molecule has 0 spiro atoms. The summed E-state index contributed by atoms with van der Waals surface area (Å²) in [6.07, 6.45) is -2.99. The highest BCUT2D eigenvalue weighted by atomic mass is 32.2. The van der Waals surface area contributed by atoms with E-state index in [4.69, 9.17) is 14.7 Å². The average Bonchev–Trinajstić information content (AvgIpc) is 2.86. The number of aromatic nitrogens is 2. The van der Waals surface area contributed by atoms with Crippen LogP contribution in [0.5, 0.6) is 0 Å². The zero-order valence-electron chi connectivity index (χ0n) is 11.1. The second kappa shape index (κ2) is 5.82. The summed E-state index contributed by atoms with van der Waals surface area (Å²) in [6, 6.07) is 1.27. The molecule has 0 amide bonds. The van der Waals surface area contributed by atoms with Crippen LogP contribution < -0.4 is 0 Å². The third-order valence-corrected chi connectivity index (χ3v) is 4.44. The molecule has 1 aromatic rings. The first-order valence-corrected chi connectivity index (χ1v) is 7.23. The topological polar surface area (TPSA) is 76.8 Å². The molecule has 2 fully saturated rings. The first kappa shape index (κ1) is 14.6. The van der Waals surface area contributed by atoms with Crippen molar-refractivity contribution in [2.24, 2.45) is 5.16 Å². The fourth-order valence-corrected chi connectivity index (χ4v) is 3.47. The summed E-state index contributed by atoms with van der Waals surface area (Å²) in [7, 11) is 0. The fraction of sp³-hybridized carbons (Fsp3) is 0.583. The molecule has 2 aliphatic rings. The predicted molar refractivity (Wildman–Crippen MR) is 69.8 cm³/mol. The van der Waals surface area contributed by atoms with Gasteiger partial charge in [0, 0.05) is 17.4 Å². The van der Waals surface area contributed by atoms with Crippen LogP contribution in [0.4, 0.5) is 8.78 Å². The van der Waals surface area contributed by atoms with Crippen LogP contribution in [-0.2, 0) is 9.47 Å². The fourth-order valence-electron chi connectivity index (χ4n) is 2.29. The molecule has 2 aliphatic heterocycles. The molecule has 0 aliphatic carbocycles. The summed E-state index contributed by atoms with van der Waals surface area (Å²) in [4.78, 5) is 8.03. The molecule has 3 atom stereocenters. The molecular weight excluding hydrogens is 304 g/mol. The van der Waals surface area contributed by atoms with Crippen molar-refractivity contribution in [3.05, 3.63) is 17.5 Å². The lowest BCUT2D eigenvalue weighted by Gasteiger charge is -2.26. The van der Waals surface area contributed by atoms with Gasteiger partial charge in [0.2, 0.25) is 6.29 Å². The Bertz CT molecular complexity index is 573. The Labute approximate surface area is 123 Å². The normalized spacial score (nSPS) is 30.3. The van der Waals surface area contributed by atoms with Crippen LogP contribution in [0.25, 0.3) is 0 Å². The molecule has 0 aromatic carbocycles. The van der Waals surface area contributed by atoms with E-state index in [9.17, 15) is 8.78 Å². The first-order valence-electron chi connectivity index (χ1n) is 6.35. The number of rotatable bonds is 3. The van der Waals surface area contributed by atoms with Gasteiger partial charge in [-0.1, -0.05) is 16.9 Å². The monoisotopic (exact) mass is 317 g/mol. The van der Waals surface area contributed by atoms with Gasteiger partial charge < -0.3 is 14.7 Å². The lowest BCUT2D eigenvalue weighted by molar-refractivity contribution is -0.0169. The van der Waals surface area contributed by atoms with Gasteiger partial charge in [-0.15, -0.1) is 0 Å². The number of thioether (sulfide) groups is 1. The molecule has 9 heteroatoms. The summed E-state index contributed by atoms with van der Waals surface area (Å²) in [5.41, 5.74) is 0.581. The molecule has 0 radical (unpaired) electrons. The number of hydrogen-bond acceptors (Lipinski definition) is 7. The second-order valence-electron chi connectivity index (χ2n) is 4.81. The van der Waals surface area contributed by atoms with Crippen LogP contribution in [0.2, 0.25) is 0 Å². The first-order chi connectivity index (χ1) is 10.1. The van der Waals surface area contributed by atoms with Gasteiger partial charge in [-0.05, 0) is 13.0 Å². The number of halogens is 2. The van der Waals surface area contributed by atoms with Crippen molar-refractivity contribution >= 4 is 17.5 Å². The molecular formula is C12H13F2N3O3S. The van der Waals surface area contributed by atoms with Crippen molar-refractivity contribution in [2.45, 2.75) is 42.6 Å². The van der Waals surface area contributed by atoms with Crippen LogP contribution in [0.1, 0.15) is 24.2 Å². The SMILES string of the molecule is Cc1cc(C(F)F)nc(S[C@@H]2C/C(=N\O)[C@H]3OC[C@H]2O3)n1. The number of hydrogen-bond donors (Lipinski definition) is 1. The smallest absolute Gasteiger partial charge is 0.280 e. The molecule has 3 heterocycles. The van der Waals surface area contributed by atoms with Crippen molar-refractivity contribution < 1.29 is 23.5 Å². The Hall–Kier alpha value is -1.32. The molecule has 6 nitrogen and oxygen atoms in total. The highest BCUT2D eigenvalue weighted by molar-refractivity contribution is 7.99. The van der Waals surface area contributed by atoms with E-state index >= 15 is 0 Å². The molecule has 114 valence electrons. The third kappa shape index (κ3) is 2.99. The van der Waals surface area contributed by atoms with E-state index in [-0.39, 0.29) is 22.2 Å². The van der Waals surface area contributed by atoms with Gasteiger partial charge in [0.1, 0.15) is 11.4 Å². The minimum Gasteiger partial charge on any atom is -0.411 e. The second-order valence-corrected chi connectivity index (χ2v) is 6.02. The Morgan fingerprint density at radius 1 is 1.48 bits per heavy atom. The van der Waals surface area contributed by atoms with Gasteiger partial charge in [0.05, 0.1) is 12.7 Å². The average molecular weight is 317 g/mol. The summed E-state index contributed by atoms with van der Waals surface area (Å²) >= 11 is 1.24. The van der Waals surface area contributed by atoms with Crippen LogP contribution in [0, 0.1) is 6.92 Å². The number of aryl methyl sites for hydroxylation is 1. The van der Waals surface area contributed by atoms with E-state index in [1.54, 1.807) is 6.92 Å². The molecule has 3 rings (SSSR count). The number of ether oxygens (including phenoxy) is 2. The van der Waals surface area contributed by atoms with Gasteiger partial charge in [-0.3, -0.25) is 0 Å². The highest BCUT2D eigenvalue weighted by Crippen LogP contribution is 2.36. The van der Waals surface area contributed by atoms with Gasteiger partial charge >= 0.3 is 0 Å². The number of alkyl halides is 2. The zero-order valence-corrected chi connectivity index (χ0v) is 11.9. The Morgan fingerprint density at radius 2 is 2.29 bits per heavy atom. The van der Waals surface area contributed by atoms with Crippen molar-refractivity contribution in [3.63, 3.8) is 0 Å². The Balaban J connectivity index is 1.80. The van der Waals surface area contributed by atoms with Crippen molar-refractivity contribution in [3.8, 4) is 0 Å². The van der Waals surface area contributed by atoms with E-state index in [0.717, 1.165) is 0 Å². The van der Waals surface area contributed by atoms with Crippen LogP contribution in [0.15, 0.2) is 16.4 Å². The summed E-state index contributed by atoms with van der Waals surface area (Å²) in [5, 5.41) is 12.2. The molecule has 21 heavy (non-hydrogen) atoms. The highest BCUT2D eigenvalue weighted by Gasteiger charge is 2.43. The summed E-state index contributed by atoms with van der Waals surface area (Å²) in [6.45, 7) is 2.01. The quantitative estimate of drug-likeness (QED) is 0.523. The lowest BCUT2D eigenvalue weighted by Crippen LogP contribution is -2.37. The minimum atomic E-state index is -2.64. The van der Waals surface area contributed by atoms with Crippen LogP contribution in [-0.4, -0.2) is 45.1 Å². The minimum absolute atomic E-state index is 0.137. The van der Waals surface area contributed by atoms with Crippen molar-refractivity contribution in [1.82, 2.24) is 9.97 Å². The predicted octanol–water partition coefficient (Wildman–Crippen LogP) is 2.16. The van der Waals surface area contributed by atoms with Gasteiger partial charge in [-0.25, -0.2) is 18.7 Å². The van der Waals surface area contributed by atoms with Crippen molar-refractivity contribution in [1.29, 1.82) is 0 Å². The largest absolute Gasteiger partial charge is 0.411 e. The van der Waals surface area contributed by atoms with E-state index in [0.29, 0.717) is 24.4 Å². The number of fused-ring (bicyclic) bond motifs is 2. The van der Waals surface area contributed by atoms with E-state index in [1.807, 2.05) is 0 Å². The molecule has 0 unspecified atom stereocenters. The number of oxime groups is 1. The maximum Gasteiger partial charge on any atom is 0.280 e. The third-order valence-electron chi connectivity index (χ3n) is 3.27. The van der Waals surface area contributed by atoms with Crippen LogP contribution in [0.3, 0.4) is 0 Å². The van der Waals surface area contributed by atoms with Gasteiger partial charge in [0.15, 0.2) is 5.16 Å². The molecule has 0 saturated carbocycles. The number of nitrogens with zero attached hydrogens (tertiary/aromatic N) is 3. The molecule has 1 aromatic heterocycles. The molecule has 2 saturated heterocycles.